The second kappa shape index (κ2) is 3.97. The molecule has 0 amide bonds. The number of allylic oxidation sites excluding steroid dienone is 1. The normalized spacial score (nSPS) is 29.7. The average molecular weight is 211 g/mol. The van der Waals surface area contributed by atoms with Crippen molar-refractivity contribution < 1.29 is 9.53 Å². The quantitative estimate of drug-likeness (QED) is 0.571. The van der Waals surface area contributed by atoms with Crippen LogP contribution in [0, 0.1) is 5.92 Å². The molecular weight excluding hydrogens is 190 g/mol. The first-order chi connectivity index (χ1) is 6.79. The highest BCUT2D eigenvalue weighted by atomic mass is 16.6. The Morgan fingerprint density at radius 2 is 2.27 bits per heavy atom. The van der Waals surface area contributed by atoms with E-state index in [0.29, 0.717) is 0 Å². The molecule has 1 saturated carbocycles. The van der Waals surface area contributed by atoms with Crippen LogP contribution in [-0.2, 0) is 9.53 Å². The van der Waals surface area contributed by atoms with E-state index < -0.39 is 11.1 Å². The average Bonchev–Trinajstić information content (AvgIpc) is 2.72. The lowest BCUT2D eigenvalue weighted by Crippen LogP contribution is -2.41. The van der Waals surface area contributed by atoms with Crippen molar-refractivity contribution in [2.24, 2.45) is 11.7 Å². The zero-order chi connectivity index (χ0) is 11.7. The van der Waals surface area contributed by atoms with Crippen molar-refractivity contribution in [3.8, 4) is 0 Å². The highest BCUT2D eigenvalue weighted by molar-refractivity contribution is 5.85. The van der Waals surface area contributed by atoms with E-state index in [2.05, 4.69) is 6.58 Å². The second-order valence-corrected chi connectivity index (χ2v) is 5.31. The summed E-state index contributed by atoms with van der Waals surface area (Å²) in [5, 5.41) is 0. The van der Waals surface area contributed by atoms with E-state index in [0.717, 1.165) is 19.3 Å². The summed E-state index contributed by atoms with van der Waals surface area (Å²) in [4.78, 5) is 11.7. The molecule has 2 unspecified atom stereocenters. The van der Waals surface area contributed by atoms with E-state index >= 15 is 0 Å². The van der Waals surface area contributed by atoms with E-state index in [-0.39, 0.29) is 11.9 Å². The van der Waals surface area contributed by atoms with Gasteiger partial charge in [-0.15, -0.1) is 6.58 Å². The predicted molar refractivity (Wildman–Crippen MR) is 60.3 cm³/mol. The lowest BCUT2D eigenvalue weighted by atomic mass is 10.1. The van der Waals surface area contributed by atoms with Gasteiger partial charge >= 0.3 is 5.97 Å². The standard InChI is InChI=1S/C12H21NO2/c1-5-6-7-9-8-12(9,13)10(14)15-11(2,3)4/h5,9H,1,6-8,13H2,2-4H3. The Bertz CT molecular complexity index is 267. The second-order valence-electron chi connectivity index (χ2n) is 5.31. The van der Waals surface area contributed by atoms with Gasteiger partial charge in [0.1, 0.15) is 11.1 Å². The van der Waals surface area contributed by atoms with Gasteiger partial charge in [0.2, 0.25) is 0 Å². The fraction of sp³-hybridized carbons (Fsp3) is 0.750. The number of rotatable bonds is 4. The SMILES string of the molecule is C=CCCC1CC1(N)C(=O)OC(C)(C)C. The molecule has 0 saturated heterocycles. The number of carbonyl (C=O) groups is 1. The van der Waals surface area contributed by atoms with E-state index in [1.807, 2.05) is 26.8 Å². The molecule has 1 aliphatic carbocycles. The first-order valence-corrected chi connectivity index (χ1v) is 5.43. The van der Waals surface area contributed by atoms with Crippen molar-refractivity contribution in [2.75, 3.05) is 0 Å². The van der Waals surface area contributed by atoms with Gasteiger partial charge in [-0.3, -0.25) is 4.79 Å². The molecule has 15 heavy (non-hydrogen) atoms. The lowest BCUT2D eigenvalue weighted by Gasteiger charge is -2.22. The summed E-state index contributed by atoms with van der Waals surface area (Å²) < 4.78 is 5.29. The molecular formula is C12H21NO2. The third kappa shape index (κ3) is 3.06. The van der Waals surface area contributed by atoms with Gasteiger partial charge in [0.05, 0.1) is 0 Å². The molecule has 0 aromatic carbocycles. The van der Waals surface area contributed by atoms with Crippen molar-refractivity contribution in [1.29, 1.82) is 0 Å². The van der Waals surface area contributed by atoms with E-state index in [1.54, 1.807) is 0 Å². The van der Waals surface area contributed by atoms with Gasteiger partial charge in [0, 0.05) is 0 Å². The van der Waals surface area contributed by atoms with Crippen LogP contribution in [0.25, 0.3) is 0 Å². The van der Waals surface area contributed by atoms with Crippen LogP contribution in [0.3, 0.4) is 0 Å². The first kappa shape index (κ1) is 12.2. The van der Waals surface area contributed by atoms with Gasteiger partial charge in [-0.05, 0) is 46.0 Å². The summed E-state index contributed by atoms with van der Waals surface area (Å²) >= 11 is 0. The minimum atomic E-state index is -0.726. The van der Waals surface area contributed by atoms with Crippen LogP contribution in [0.2, 0.25) is 0 Å². The molecule has 0 heterocycles. The highest BCUT2D eigenvalue weighted by Gasteiger charge is 2.58. The van der Waals surface area contributed by atoms with Gasteiger partial charge in [-0.2, -0.15) is 0 Å². The van der Waals surface area contributed by atoms with E-state index in [1.165, 1.54) is 0 Å². The maximum atomic E-state index is 11.7. The maximum Gasteiger partial charge on any atom is 0.326 e. The van der Waals surface area contributed by atoms with Crippen LogP contribution in [0.5, 0.6) is 0 Å². The van der Waals surface area contributed by atoms with Gasteiger partial charge in [0.15, 0.2) is 0 Å². The largest absolute Gasteiger partial charge is 0.459 e. The molecule has 3 heteroatoms. The minimum absolute atomic E-state index is 0.260. The van der Waals surface area contributed by atoms with Crippen molar-refractivity contribution in [1.82, 2.24) is 0 Å². The molecule has 0 aliphatic heterocycles. The Labute approximate surface area is 91.7 Å². The first-order valence-electron chi connectivity index (χ1n) is 5.43. The summed E-state index contributed by atoms with van der Waals surface area (Å²) in [5.41, 5.74) is 4.80. The molecule has 0 spiro atoms. The Hall–Kier alpha value is -0.830. The van der Waals surface area contributed by atoms with Crippen molar-refractivity contribution >= 4 is 5.97 Å². The van der Waals surface area contributed by atoms with Crippen LogP contribution in [0.1, 0.15) is 40.0 Å². The summed E-state index contributed by atoms with van der Waals surface area (Å²) in [5.74, 6) is 0.00872. The summed E-state index contributed by atoms with van der Waals surface area (Å²) in [6, 6.07) is 0. The van der Waals surface area contributed by atoms with Crippen molar-refractivity contribution in [3.63, 3.8) is 0 Å². The molecule has 0 radical (unpaired) electrons. The van der Waals surface area contributed by atoms with Gasteiger partial charge in [-0.25, -0.2) is 0 Å². The minimum Gasteiger partial charge on any atom is -0.459 e. The van der Waals surface area contributed by atoms with Crippen LogP contribution in [-0.4, -0.2) is 17.1 Å². The van der Waals surface area contributed by atoms with Crippen LogP contribution in [0.15, 0.2) is 12.7 Å². The van der Waals surface area contributed by atoms with Crippen LogP contribution in [0.4, 0.5) is 0 Å². The van der Waals surface area contributed by atoms with Gasteiger partial charge in [0.25, 0.3) is 0 Å². The van der Waals surface area contributed by atoms with Crippen molar-refractivity contribution in [2.45, 2.75) is 51.2 Å². The molecule has 3 nitrogen and oxygen atoms in total. The number of esters is 1. The van der Waals surface area contributed by atoms with E-state index in [4.69, 9.17) is 10.5 Å². The van der Waals surface area contributed by atoms with Crippen molar-refractivity contribution in [3.05, 3.63) is 12.7 Å². The molecule has 1 fully saturated rings. The third-order valence-corrected chi connectivity index (χ3v) is 2.65. The number of nitrogens with two attached hydrogens (primary N) is 1. The molecule has 2 N–H and O–H groups in total. The lowest BCUT2D eigenvalue weighted by molar-refractivity contribution is -0.158. The Balaban J connectivity index is 2.45. The fourth-order valence-corrected chi connectivity index (χ4v) is 1.65. The highest BCUT2D eigenvalue weighted by Crippen LogP contribution is 2.45. The monoisotopic (exact) mass is 211 g/mol. The summed E-state index contributed by atoms with van der Waals surface area (Å²) in [7, 11) is 0. The van der Waals surface area contributed by atoms with Crippen LogP contribution >= 0.6 is 0 Å². The summed E-state index contributed by atoms with van der Waals surface area (Å²) in [6.45, 7) is 9.23. The molecule has 0 bridgehead atoms. The third-order valence-electron chi connectivity index (χ3n) is 2.65. The molecule has 0 aromatic heterocycles. The fourth-order valence-electron chi connectivity index (χ4n) is 1.65. The molecule has 0 aromatic rings. The Morgan fingerprint density at radius 1 is 1.67 bits per heavy atom. The number of hydrogen-bond donors (Lipinski definition) is 1. The molecule has 1 rings (SSSR count). The number of hydrogen-bond acceptors (Lipinski definition) is 3. The smallest absolute Gasteiger partial charge is 0.326 e. The molecule has 86 valence electrons. The zero-order valence-corrected chi connectivity index (χ0v) is 9.88. The predicted octanol–water partition coefficient (Wildman–Crippen LogP) is 2.01. The maximum absolute atomic E-state index is 11.7. The van der Waals surface area contributed by atoms with E-state index in [9.17, 15) is 4.79 Å². The van der Waals surface area contributed by atoms with Gasteiger partial charge < -0.3 is 10.5 Å². The Morgan fingerprint density at radius 3 is 2.73 bits per heavy atom. The van der Waals surface area contributed by atoms with Crippen LogP contribution < -0.4 is 5.73 Å². The zero-order valence-electron chi connectivity index (χ0n) is 9.88. The Kier molecular flexibility index (Phi) is 3.24. The summed E-state index contributed by atoms with van der Waals surface area (Å²) in [6.07, 6.45) is 4.44. The molecule has 2 atom stereocenters. The van der Waals surface area contributed by atoms with Gasteiger partial charge in [-0.1, -0.05) is 6.08 Å². The topological polar surface area (TPSA) is 52.3 Å². The number of carbonyl (C=O) groups excluding carboxylic acids is 1. The molecule has 1 aliphatic rings. The number of ether oxygens (including phenoxy) is 1.